The summed E-state index contributed by atoms with van der Waals surface area (Å²) in [6.07, 6.45) is 0.905. The molecule has 0 fully saturated rings. The maximum absolute atomic E-state index is 13.8. The largest absolute Gasteiger partial charge is 0.493 e. The molecule has 37 heavy (non-hydrogen) atoms. The molecule has 0 saturated carbocycles. The first-order valence-corrected chi connectivity index (χ1v) is 13.2. The molecule has 7 nitrogen and oxygen atoms in total. The van der Waals surface area contributed by atoms with Gasteiger partial charge in [0.25, 0.3) is 5.91 Å². The molecule has 1 aliphatic rings. The van der Waals surface area contributed by atoms with Crippen molar-refractivity contribution in [3.63, 3.8) is 0 Å². The molecule has 9 heteroatoms. The van der Waals surface area contributed by atoms with Crippen LogP contribution in [-0.2, 0) is 0 Å². The minimum absolute atomic E-state index is 0.00607. The van der Waals surface area contributed by atoms with Crippen LogP contribution in [0.1, 0.15) is 58.6 Å². The smallest absolute Gasteiger partial charge is 0.297 e. The highest BCUT2D eigenvalue weighted by atomic mass is 35.5. The van der Waals surface area contributed by atoms with Crippen LogP contribution in [0.25, 0.3) is 11.0 Å². The van der Waals surface area contributed by atoms with Gasteiger partial charge in [0.2, 0.25) is 5.76 Å². The molecular weight excluding hydrogens is 512 g/mol. The molecule has 4 aromatic rings. The lowest BCUT2D eigenvalue weighted by Gasteiger charge is -2.23. The Morgan fingerprint density at radius 3 is 2.59 bits per heavy atom. The first kappa shape index (κ1) is 25.3. The Hall–Kier alpha value is -3.36. The summed E-state index contributed by atoms with van der Waals surface area (Å²) in [5.74, 6) is 1.21. The summed E-state index contributed by atoms with van der Waals surface area (Å²) in [6.45, 7) is 8.67. The molecule has 5 rings (SSSR count). The number of hydrogen-bond acceptors (Lipinski definition) is 7. The summed E-state index contributed by atoms with van der Waals surface area (Å²) in [6, 6.07) is 9.51. The van der Waals surface area contributed by atoms with Crippen molar-refractivity contribution in [2.45, 2.75) is 40.2 Å². The molecule has 2 aromatic heterocycles. The van der Waals surface area contributed by atoms with E-state index in [1.807, 2.05) is 26.0 Å². The molecule has 3 heterocycles. The Labute approximate surface area is 223 Å². The highest BCUT2D eigenvalue weighted by Gasteiger charge is 2.45. The van der Waals surface area contributed by atoms with Crippen molar-refractivity contribution < 1.29 is 18.7 Å². The monoisotopic (exact) mass is 538 g/mol. The second-order valence-electron chi connectivity index (χ2n) is 9.47. The molecule has 1 aliphatic heterocycles. The van der Waals surface area contributed by atoms with Gasteiger partial charge in [-0.15, -0.1) is 11.3 Å². The van der Waals surface area contributed by atoms with Crippen molar-refractivity contribution in [1.82, 2.24) is 4.98 Å². The van der Waals surface area contributed by atoms with E-state index in [9.17, 15) is 9.59 Å². The van der Waals surface area contributed by atoms with Crippen molar-refractivity contribution in [2.24, 2.45) is 5.92 Å². The van der Waals surface area contributed by atoms with Gasteiger partial charge in [0.15, 0.2) is 22.1 Å². The van der Waals surface area contributed by atoms with E-state index >= 15 is 0 Å². The number of methoxy groups -OCH3 is 1. The molecule has 1 amide bonds. The van der Waals surface area contributed by atoms with E-state index in [0.29, 0.717) is 50.7 Å². The molecule has 0 bridgehead atoms. The number of aromatic nitrogens is 1. The SMILES string of the molecule is COc1cc(C2c3c(oc4ccc(Cl)cc4c3=O)C(=O)N2c2nc(C)c(C)s2)ccc1OCCC(C)C. The molecule has 2 aromatic carbocycles. The third kappa shape index (κ3) is 4.49. The van der Waals surface area contributed by atoms with Crippen LogP contribution in [0, 0.1) is 19.8 Å². The molecule has 192 valence electrons. The number of aryl methyl sites for hydroxylation is 2. The van der Waals surface area contributed by atoms with Gasteiger partial charge in [0.1, 0.15) is 5.58 Å². The number of nitrogens with zero attached hydrogens (tertiary/aromatic N) is 2. The average molecular weight is 539 g/mol. The van der Waals surface area contributed by atoms with Gasteiger partial charge in [-0.3, -0.25) is 14.5 Å². The third-order valence-corrected chi connectivity index (χ3v) is 7.82. The summed E-state index contributed by atoms with van der Waals surface area (Å²) in [5.41, 5.74) is 1.76. The van der Waals surface area contributed by atoms with Crippen LogP contribution in [0.15, 0.2) is 45.6 Å². The Morgan fingerprint density at radius 2 is 1.92 bits per heavy atom. The van der Waals surface area contributed by atoms with Gasteiger partial charge in [0, 0.05) is 9.90 Å². The molecule has 0 radical (unpaired) electrons. The number of carbonyl (C=O) groups excluding carboxylic acids is 1. The first-order valence-electron chi connectivity index (χ1n) is 12.0. The predicted molar refractivity (Wildman–Crippen MR) is 146 cm³/mol. The number of amides is 1. The summed E-state index contributed by atoms with van der Waals surface area (Å²) >= 11 is 7.59. The van der Waals surface area contributed by atoms with Crippen molar-refractivity contribution >= 4 is 44.9 Å². The van der Waals surface area contributed by atoms with Gasteiger partial charge in [-0.25, -0.2) is 4.98 Å². The van der Waals surface area contributed by atoms with Crippen molar-refractivity contribution in [1.29, 1.82) is 0 Å². The van der Waals surface area contributed by atoms with Crippen molar-refractivity contribution in [3.8, 4) is 11.5 Å². The minimum Gasteiger partial charge on any atom is -0.493 e. The Bertz CT molecular complexity index is 1560. The quantitative estimate of drug-likeness (QED) is 0.260. The van der Waals surface area contributed by atoms with Crippen LogP contribution >= 0.6 is 22.9 Å². The van der Waals surface area contributed by atoms with E-state index in [-0.39, 0.29) is 16.8 Å². The maximum Gasteiger partial charge on any atom is 0.297 e. The van der Waals surface area contributed by atoms with Crippen LogP contribution in [0.4, 0.5) is 5.13 Å². The molecule has 0 saturated heterocycles. The highest BCUT2D eigenvalue weighted by molar-refractivity contribution is 7.15. The van der Waals surface area contributed by atoms with Gasteiger partial charge < -0.3 is 13.9 Å². The van der Waals surface area contributed by atoms with Crippen LogP contribution in [0.5, 0.6) is 11.5 Å². The van der Waals surface area contributed by atoms with Crippen molar-refractivity contribution in [3.05, 3.63) is 79.1 Å². The van der Waals surface area contributed by atoms with Gasteiger partial charge in [-0.1, -0.05) is 31.5 Å². The number of benzene rings is 2. The zero-order chi connectivity index (χ0) is 26.4. The fraction of sp³-hybridized carbons (Fsp3) is 0.321. The number of thiazole rings is 1. The van der Waals surface area contributed by atoms with Crippen molar-refractivity contribution in [2.75, 3.05) is 18.6 Å². The molecule has 0 N–H and O–H groups in total. The van der Waals surface area contributed by atoms with E-state index in [4.69, 9.17) is 25.5 Å². The molecule has 0 aliphatic carbocycles. The summed E-state index contributed by atoms with van der Waals surface area (Å²) in [7, 11) is 1.57. The normalized spacial score (nSPS) is 15.1. The van der Waals surface area contributed by atoms with E-state index in [0.717, 1.165) is 17.0 Å². The predicted octanol–water partition coefficient (Wildman–Crippen LogP) is 6.70. The summed E-state index contributed by atoms with van der Waals surface area (Å²) in [4.78, 5) is 34.7. The van der Waals surface area contributed by atoms with E-state index < -0.39 is 11.9 Å². The van der Waals surface area contributed by atoms with Gasteiger partial charge in [-0.2, -0.15) is 0 Å². The lowest BCUT2D eigenvalue weighted by atomic mass is 9.98. The first-order chi connectivity index (χ1) is 17.7. The maximum atomic E-state index is 13.8. The molecule has 1 unspecified atom stereocenters. The average Bonchev–Trinajstić information content (AvgIpc) is 3.35. The number of carbonyl (C=O) groups is 1. The summed E-state index contributed by atoms with van der Waals surface area (Å²) < 4.78 is 17.6. The lowest BCUT2D eigenvalue weighted by Crippen LogP contribution is -2.29. The Morgan fingerprint density at radius 1 is 1.14 bits per heavy atom. The van der Waals surface area contributed by atoms with Gasteiger partial charge in [0.05, 0.1) is 36.4 Å². The minimum atomic E-state index is -0.759. The van der Waals surface area contributed by atoms with E-state index in [2.05, 4.69) is 18.8 Å². The van der Waals surface area contributed by atoms with Gasteiger partial charge in [-0.05, 0) is 62.1 Å². The Balaban J connectivity index is 1.69. The topological polar surface area (TPSA) is 81.9 Å². The number of hydrogen-bond donors (Lipinski definition) is 0. The zero-order valence-corrected chi connectivity index (χ0v) is 22.8. The second-order valence-corrected chi connectivity index (χ2v) is 11.1. The number of rotatable bonds is 7. The summed E-state index contributed by atoms with van der Waals surface area (Å²) in [5, 5.41) is 1.22. The van der Waals surface area contributed by atoms with E-state index in [1.165, 1.54) is 16.2 Å². The third-order valence-electron chi connectivity index (χ3n) is 6.51. The van der Waals surface area contributed by atoms with Crippen LogP contribution in [-0.4, -0.2) is 24.6 Å². The molecule has 0 spiro atoms. The number of fused-ring (bicyclic) bond motifs is 2. The number of ether oxygens (including phenoxy) is 2. The fourth-order valence-electron chi connectivity index (χ4n) is 4.39. The van der Waals surface area contributed by atoms with E-state index in [1.54, 1.807) is 31.4 Å². The highest BCUT2D eigenvalue weighted by Crippen LogP contribution is 2.44. The number of halogens is 1. The standard InChI is InChI=1S/C28H27ClN2O5S/c1-14(2)10-11-35-21-8-6-17(12-22(21)34-5)24-23-25(32)19-13-18(29)7-9-20(19)36-26(23)27(33)31(24)28-30-15(3)16(4)37-28/h6-9,12-14,24H,10-11H2,1-5H3. The van der Waals surface area contributed by atoms with Crippen LogP contribution in [0.2, 0.25) is 5.02 Å². The molecular formula is C28H27ClN2O5S. The van der Waals surface area contributed by atoms with Crippen LogP contribution < -0.4 is 19.8 Å². The zero-order valence-electron chi connectivity index (χ0n) is 21.3. The Kier molecular flexibility index (Phi) is 6.72. The second kappa shape index (κ2) is 9.84. The fourth-order valence-corrected chi connectivity index (χ4v) is 5.50. The van der Waals surface area contributed by atoms with Crippen LogP contribution in [0.3, 0.4) is 0 Å². The lowest BCUT2D eigenvalue weighted by molar-refractivity contribution is 0.0971. The van der Waals surface area contributed by atoms with Gasteiger partial charge >= 0.3 is 0 Å². The molecule has 1 atom stereocenters. The number of anilines is 1.